The Morgan fingerprint density at radius 3 is 2.43 bits per heavy atom. The van der Waals surface area contributed by atoms with Crippen molar-refractivity contribution in [2.24, 2.45) is 5.73 Å². The minimum Gasteiger partial charge on any atom is -0.366 e. The number of nitrogens with one attached hydrogen (secondary N) is 1. The smallest absolute Gasteiger partial charge is 0.366 e. The quantitative estimate of drug-likeness (QED) is 0.234. The number of pyridine rings is 1. The lowest BCUT2D eigenvalue weighted by Gasteiger charge is -2.13. The van der Waals surface area contributed by atoms with Gasteiger partial charge in [0.1, 0.15) is 12.2 Å². The van der Waals surface area contributed by atoms with Gasteiger partial charge in [0.15, 0.2) is 5.82 Å². The molecule has 5 aromatic rings. The van der Waals surface area contributed by atoms with Gasteiger partial charge in [-0.3, -0.25) is 9.59 Å². The highest BCUT2D eigenvalue weighted by atomic mass is 79.9. The Morgan fingerprint density at radius 2 is 1.76 bits per heavy atom. The predicted molar refractivity (Wildman–Crippen MR) is 149 cm³/mol. The molecule has 0 spiro atoms. The van der Waals surface area contributed by atoms with Crippen LogP contribution in [0.5, 0.6) is 0 Å². The molecule has 0 saturated heterocycles. The van der Waals surface area contributed by atoms with E-state index >= 15 is 0 Å². The van der Waals surface area contributed by atoms with Gasteiger partial charge in [-0.05, 0) is 47.7 Å². The van der Waals surface area contributed by atoms with E-state index in [1.807, 2.05) is 0 Å². The number of benzene rings is 2. The van der Waals surface area contributed by atoms with Crippen molar-refractivity contribution in [2.75, 3.05) is 5.32 Å². The summed E-state index contributed by atoms with van der Waals surface area (Å²) in [4.78, 5) is 30.9. The topological polar surface area (TPSA) is 146 Å². The number of tetrazole rings is 1. The van der Waals surface area contributed by atoms with Crippen LogP contribution in [-0.4, -0.2) is 46.8 Å². The first kappa shape index (κ1) is 29.2. The average Bonchev–Trinajstić information content (AvgIpc) is 3.57. The molecule has 0 saturated carbocycles. The van der Waals surface area contributed by atoms with E-state index in [0.29, 0.717) is 10.0 Å². The molecule has 5 rings (SSSR count). The summed E-state index contributed by atoms with van der Waals surface area (Å²) in [6.07, 6.45) is -3.02. The Bertz CT molecular complexity index is 1820. The predicted octanol–water partition coefficient (Wildman–Crippen LogP) is 5.41. The Labute approximate surface area is 252 Å². The summed E-state index contributed by atoms with van der Waals surface area (Å²) in [5.41, 5.74) is 5.17. The minimum atomic E-state index is -4.48. The molecule has 0 fully saturated rings. The number of carbonyl (C=O) groups excluding carboxylic acids is 2. The molecule has 17 heteroatoms. The fraction of sp³-hybridized carbons (Fsp3) is 0.0800. The van der Waals surface area contributed by atoms with Crippen molar-refractivity contribution in [3.8, 4) is 17.2 Å². The maximum atomic E-state index is 13.5. The maximum Gasteiger partial charge on any atom is 0.416 e. The maximum absolute atomic E-state index is 13.5. The summed E-state index contributed by atoms with van der Waals surface area (Å²) < 4.78 is 40.3. The van der Waals surface area contributed by atoms with Gasteiger partial charge in [0.05, 0.1) is 32.6 Å². The minimum absolute atomic E-state index is 0.0158. The molecule has 2 amide bonds. The van der Waals surface area contributed by atoms with Gasteiger partial charge >= 0.3 is 6.18 Å². The van der Waals surface area contributed by atoms with Crippen LogP contribution in [0.25, 0.3) is 17.2 Å². The lowest BCUT2D eigenvalue weighted by molar-refractivity contribution is -0.137. The zero-order valence-corrected chi connectivity index (χ0v) is 23.9. The van der Waals surface area contributed by atoms with Crippen LogP contribution in [0.4, 0.5) is 18.9 Å². The van der Waals surface area contributed by atoms with Crippen molar-refractivity contribution in [3.63, 3.8) is 0 Å². The van der Waals surface area contributed by atoms with Gasteiger partial charge < -0.3 is 11.1 Å². The number of amides is 2. The van der Waals surface area contributed by atoms with E-state index in [1.165, 1.54) is 41.2 Å². The fourth-order valence-electron chi connectivity index (χ4n) is 3.82. The second-order valence-corrected chi connectivity index (χ2v) is 10.3. The van der Waals surface area contributed by atoms with Crippen LogP contribution >= 0.6 is 39.1 Å². The van der Waals surface area contributed by atoms with E-state index in [-0.39, 0.29) is 50.9 Å². The van der Waals surface area contributed by atoms with Gasteiger partial charge in [-0.15, -0.1) is 10.2 Å². The molecule has 3 N–H and O–H groups in total. The number of carbonyl (C=O) groups is 2. The van der Waals surface area contributed by atoms with E-state index in [2.05, 4.69) is 46.7 Å². The van der Waals surface area contributed by atoms with E-state index in [1.54, 1.807) is 12.1 Å². The molecule has 0 aliphatic rings. The van der Waals surface area contributed by atoms with Crippen molar-refractivity contribution in [1.82, 2.24) is 35.0 Å². The first-order valence-electron chi connectivity index (χ1n) is 11.7. The van der Waals surface area contributed by atoms with Gasteiger partial charge in [-0.25, -0.2) is 9.67 Å². The second kappa shape index (κ2) is 11.5. The van der Waals surface area contributed by atoms with Crippen molar-refractivity contribution in [2.45, 2.75) is 12.7 Å². The van der Waals surface area contributed by atoms with Gasteiger partial charge in [-0.1, -0.05) is 51.3 Å². The molecule has 2 aromatic carbocycles. The summed E-state index contributed by atoms with van der Waals surface area (Å²) in [5.74, 6) is -1.34. The summed E-state index contributed by atoms with van der Waals surface area (Å²) in [7, 11) is 0. The van der Waals surface area contributed by atoms with Crippen LogP contribution in [0.3, 0.4) is 0 Å². The number of rotatable bonds is 7. The molecular formula is C25H15BrCl2F3N9O2. The van der Waals surface area contributed by atoms with Crippen LogP contribution in [0, 0.1) is 0 Å². The van der Waals surface area contributed by atoms with Gasteiger partial charge in [0.2, 0.25) is 5.82 Å². The molecule has 214 valence electrons. The van der Waals surface area contributed by atoms with Crippen molar-refractivity contribution in [1.29, 1.82) is 0 Å². The second-order valence-electron chi connectivity index (χ2n) is 8.59. The van der Waals surface area contributed by atoms with Gasteiger partial charge in [0, 0.05) is 16.2 Å². The standard InChI is InChI=1S/C25H15BrCl2F3N9O2/c26-14-8-16(21(32)41)20(18(28)9-14)34-24(42)19-10-15(36-40(19)23-17(27)2-1-7-33-23)11-39-37-22(35-38-39)12-3-5-13(6-4-12)25(29,30)31/h1-10H,11H2,(H2,32,41)(H,34,42). The third-order valence-corrected chi connectivity index (χ3v) is 6.77. The first-order chi connectivity index (χ1) is 19.9. The normalized spacial score (nSPS) is 11.5. The lowest BCUT2D eigenvalue weighted by atomic mass is 10.1. The zero-order valence-electron chi connectivity index (χ0n) is 20.8. The van der Waals surface area contributed by atoms with Crippen molar-refractivity contribution in [3.05, 3.63) is 97.8 Å². The van der Waals surface area contributed by atoms with E-state index in [9.17, 15) is 22.8 Å². The monoisotopic (exact) mass is 679 g/mol. The molecule has 11 nitrogen and oxygen atoms in total. The van der Waals surface area contributed by atoms with E-state index < -0.39 is 23.6 Å². The Balaban J connectivity index is 1.47. The number of hydrogen-bond donors (Lipinski definition) is 2. The number of aromatic nitrogens is 7. The summed E-state index contributed by atoms with van der Waals surface area (Å²) >= 11 is 15.9. The molecule has 0 bridgehead atoms. The zero-order chi connectivity index (χ0) is 30.2. The third-order valence-electron chi connectivity index (χ3n) is 5.72. The summed E-state index contributed by atoms with van der Waals surface area (Å²) in [6.45, 7) is -0.0864. The number of alkyl halides is 3. The number of nitrogens with zero attached hydrogens (tertiary/aromatic N) is 7. The van der Waals surface area contributed by atoms with Crippen LogP contribution in [-0.2, 0) is 12.7 Å². The molecule has 3 aromatic heterocycles. The highest BCUT2D eigenvalue weighted by Gasteiger charge is 2.30. The Hall–Kier alpha value is -4.34. The largest absolute Gasteiger partial charge is 0.416 e. The summed E-state index contributed by atoms with van der Waals surface area (Å²) in [5, 5.41) is 19.3. The summed E-state index contributed by atoms with van der Waals surface area (Å²) in [6, 6.07) is 11.8. The fourth-order valence-corrected chi connectivity index (χ4v) is 4.87. The number of primary amides is 1. The van der Waals surface area contributed by atoms with E-state index in [4.69, 9.17) is 28.9 Å². The van der Waals surface area contributed by atoms with Crippen LogP contribution in [0.2, 0.25) is 10.0 Å². The molecular weight excluding hydrogens is 666 g/mol. The van der Waals surface area contributed by atoms with Crippen molar-refractivity contribution >= 4 is 56.6 Å². The number of hydrogen-bond acceptors (Lipinski definition) is 7. The molecule has 0 aliphatic carbocycles. The van der Waals surface area contributed by atoms with Crippen LogP contribution < -0.4 is 11.1 Å². The number of anilines is 1. The number of halogens is 6. The third kappa shape index (κ3) is 6.12. The van der Waals surface area contributed by atoms with Gasteiger partial charge in [-0.2, -0.15) is 23.1 Å². The van der Waals surface area contributed by atoms with Gasteiger partial charge in [0.25, 0.3) is 11.8 Å². The molecule has 3 heterocycles. The van der Waals surface area contributed by atoms with Crippen LogP contribution in [0.15, 0.2) is 65.3 Å². The molecule has 42 heavy (non-hydrogen) atoms. The Morgan fingerprint density at radius 1 is 1.02 bits per heavy atom. The van der Waals surface area contributed by atoms with Crippen LogP contribution in [0.1, 0.15) is 32.1 Å². The van der Waals surface area contributed by atoms with Crippen molar-refractivity contribution < 1.29 is 22.8 Å². The Kier molecular flexibility index (Phi) is 7.99. The molecule has 0 atom stereocenters. The molecule has 0 aliphatic heterocycles. The molecule has 0 unspecified atom stereocenters. The number of nitrogens with two attached hydrogens (primary N) is 1. The first-order valence-corrected chi connectivity index (χ1v) is 13.2. The lowest BCUT2D eigenvalue weighted by Crippen LogP contribution is -2.21. The highest BCUT2D eigenvalue weighted by Crippen LogP contribution is 2.32. The highest BCUT2D eigenvalue weighted by molar-refractivity contribution is 9.10. The van der Waals surface area contributed by atoms with E-state index in [0.717, 1.165) is 16.9 Å². The SMILES string of the molecule is NC(=O)c1cc(Br)cc(Cl)c1NC(=O)c1cc(Cn2nnc(-c3ccc(C(F)(F)F)cc3)n2)nn1-c1ncccc1Cl. The molecule has 0 radical (unpaired) electrons. The average molecular weight is 681 g/mol.